The lowest BCUT2D eigenvalue weighted by molar-refractivity contribution is -0.143. The van der Waals surface area contributed by atoms with Gasteiger partial charge in [-0.25, -0.2) is 0 Å². The minimum Gasteiger partial charge on any atom is -0.480 e. The van der Waals surface area contributed by atoms with E-state index >= 15 is 0 Å². The van der Waals surface area contributed by atoms with E-state index in [2.05, 4.69) is 15.9 Å². The van der Waals surface area contributed by atoms with Crippen molar-refractivity contribution in [1.29, 1.82) is 0 Å². The Hall–Kier alpha value is -1.01. The van der Waals surface area contributed by atoms with Crippen LogP contribution in [0.5, 0.6) is 0 Å². The van der Waals surface area contributed by atoms with Gasteiger partial charge in [-0.3, -0.25) is 9.59 Å². The van der Waals surface area contributed by atoms with Gasteiger partial charge in [0.25, 0.3) is 0 Å². The molecule has 0 aromatic heterocycles. The maximum Gasteiger partial charge on any atom is 0.323 e. The summed E-state index contributed by atoms with van der Waals surface area (Å²) in [4.78, 5) is 25.4. The molecule has 0 radical (unpaired) electrons. The van der Waals surface area contributed by atoms with Gasteiger partial charge in [-0.05, 0) is 43.0 Å². The van der Waals surface area contributed by atoms with Crippen molar-refractivity contribution >= 4 is 39.6 Å². The van der Waals surface area contributed by atoms with Crippen molar-refractivity contribution in [3.05, 3.63) is 28.7 Å². The van der Waals surface area contributed by atoms with E-state index < -0.39 is 5.97 Å². The van der Waals surface area contributed by atoms with Gasteiger partial charge < -0.3 is 10.0 Å². The third kappa shape index (κ3) is 5.17. The number of amides is 1. The van der Waals surface area contributed by atoms with E-state index in [1.165, 1.54) is 16.7 Å². The Morgan fingerprint density at radius 3 is 2.50 bits per heavy atom. The minimum atomic E-state index is -0.951. The summed E-state index contributed by atoms with van der Waals surface area (Å²) in [5.41, 5.74) is 0. The lowest BCUT2D eigenvalue weighted by Crippen LogP contribution is -2.38. The minimum absolute atomic E-state index is 0.104. The Morgan fingerprint density at radius 1 is 1.30 bits per heavy atom. The topological polar surface area (TPSA) is 57.6 Å². The fourth-order valence-corrected chi connectivity index (χ4v) is 2.86. The SMILES string of the molecule is O=C(O)CN(CC1CC1)C(=O)CSc1ccc(Br)cc1. The van der Waals surface area contributed by atoms with Gasteiger partial charge in [0.2, 0.25) is 5.91 Å². The zero-order valence-electron chi connectivity index (χ0n) is 10.9. The molecule has 2 rings (SSSR count). The zero-order chi connectivity index (χ0) is 14.5. The van der Waals surface area contributed by atoms with Crippen LogP contribution in [0, 0.1) is 5.92 Å². The molecule has 20 heavy (non-hydrogen) atoms. The molecule has 108 valence electrons. The molecular weight excluding hydrogens is 342 g/mol. The first-order chi connectivity index (χ1) is 9.54. The second kappa shape index (κ2) is 7.13. The number of nitrogens with zero attached hydrogens (tertiary/aromatic N) is 1. The molecule has 6 heteroatoms. The van der Waals surface area contributed by atoms with Crippen LogP contribution in [0.4, 0.5) is 0 Å². The third-order valence-electron chi connectivity index (χ3n) is 3.03. The fraction of sp³-hybridized carbons (Fsp3) is 0.429. The zero-order valence-corrected chi connectivity index (χ0v) is 13.3. The molecule has 0 bridgehead atoms. The summed E-state index contributed by atoms with van der Waals surface area (Å²) in [6, 6.07) is 7.72. The number of rotatable bonds is 7. The maximum atomic E-state index is 12.1. The Morgan fingerprint density at radius 2 is 1.95 bits per heavy atom. The first-order valence-electron chi connectivity index (χ1n) is 6.42. The largest absolute Gasteiger partial charge is 0.480 e. The van der Waals surface area contributed by atoms with E-state index in [9.17, 15) is 9.59 Å². The van der Waals surface area contributed by atoms with Gasteiger partial charge in [0, 0.05) is 15.9 Å². The molecule has 0 spiro atoms. The van der Waals surface area contributed by atoms with Gasteiger partial charge in [0.05, 0.1) is 5.75 Å². The molecule has 0 saturated heterocycles. The van der Waals surface area contributed by atoms with Crippen LogP contribution in [0.25, 0.3) is 0 Å². The Kier molecular flexibility index (Phi) is 5.48. The second-order valence-electron chi connectivity index (χ2n) is 4.85. The summed E-state index contributed by atoms with van der Waals surface area (Å²) in [5, 5.41) is 8.88. The number of carbonyl (C=O) groups excluding carboxylic acids is 1. The summed E-state index contributed by atoms with van der Waals surface area (Å²) in [7, 11) is 0. The average Bonchev–Trinajstić information content (AvgIpc) is 3.20. The summed E-state index contributed by atoms with van der Waals surface area (Å²) in [6.07, 6.45) is 2.20. The van der Waals surface area contributed by atoms with Crippen LogP contribution in [0.2, 0.25) is 0 Å². The van der Waals surface area contributed by atoms with Crippen LogP contribution in [0.3, 0.4) is 0 Å². The van der Waals surface area contributed by atoms with Crippen molar-refractivity contribution in [1.82, 2.24) is 4.90 Å². The smallest absolute Gasteiger partial charge is 0.323 e. The second-order valence-corrected chi connectivity index (χ2v) is 6.82. The number of carbonyl (C=O) groups is 2. The molecule has 1 N–H and O–H groups in total. The molecule has 0 heterocycles. The van der Waals surface area contributed by atoms with Crippen LogP contribution in [0.15, 0.2) is 33.6 Å². The Labute approximate surface area is 130 Å². The molecule has 4 nitrogen and oxygen atoms in total. The number of halogens is 1. The molecule has 0 unspecified atom stereocenters. The van der Waals surface area contributed by atoms with Crippen molar-refractivity contribution in [2.24, 2.45) is 5.92 Å². The van der Waals surface area contributed by atoms with Gasteiger partial charge in [0.15, 0.2) is 0 Å². The fourth-order valence-electron chi connectivity index (χ4n) is 1.80. The van der Waals surface area contributed by atoms with E-state index in [0.717, 1.165) is 22.2 Å². The lowest BCUT2D eigenvalue weighted by Gasteiger charge is -2.20. The van der Waals surface area contributed by atoms with Crippen molar-refractivity contribution in [3.63, 3.8) is 0 Å². The molecule has 1 aliphatic carbocycles. The van der Waals surface area contributed by atoms with Crippen LogP contribution in [0.1, 0.15) is 12.8 Å². The van der Waals surface area contributed by atoms with Crippen molar-refractivity contribution < 1.29 is 14.7 Å². The highest BCUT2D eigenvalue weighted by molar-refractivity contribution is 9.10. The van der Waals surface area contributed by atoms with Gasteiger partial charge in [-0.15, -0.1) is 11.8 Å². The molecule has 0 atom stereocenters. The summed E-state index contributed by atoms with van der Waals surface area (Å²) in [5.74, 6) is -0.280. The third-order valence-corrected chi connectivity index (χ3v) is 4.56. The molecule has 1 aliphatic rings. The summed E-state index contributed by atoms with van der Waals surface area (Å²) < 4.78 is 0.995. The summed E-state index contributed by atoms with van der Waals surface area (Å²) in [6.45, 7) is 0.377. The van der Waals surface area contributed by atoms with Crippen LogP contribution in [-0.4, -0.2) is 40.7 Å². The number of benzene rings is 1. The maximum absolute atomic E-state index is 12.1. The highest BCUT2D eigenvalue weighted by Gasteiger charge is 2.27. The first-order valence-corrected chi connectivity index (χ1v) is 8.20. The number of hydrogen-bond donors (Lipinski definition) is 1. The van der Waals surface area contributed by atoms with Crippen LogP contribution in [-0.2, 0) is 9.59 Å². The van der Waals surface area contributed by atoms with Gasteiger partial charge >= 0.3 is 5.97 Å². The van der Waals surface area contributed by atoms with Crippen LogP contribution < -0.4 is 0 Å². The Bertz CT molecular complexity index is 488. The molecule has 1 amide bonds. The first kappa shape index (κ1) is 15.4. The lowest BCUT2D eigenvalue weighted by atomic mass is 10.3. The number of aliphatic carboxylic acids is 1. The molecule has 1 aromatic carbocycles. The normalized spacial score (nSPS) is 14.1. The highest BCUT2D eigenvalue weighted by atomic mass is 79.9. The van der Waals surface area contributed by atoms with Gasteiger partial charge in [0.1, 0.15) is 6.54 Å². The van der Waals surface area contributed by atoms with E-state index in [1.54, 1.807) is 0 Å². The number of thioether (sulfide) groups is 1. The van der Waals surface area contributed by atoms with Gasteiger partial charge in [-0.1, -0.05) is 15.9 Å². The Balaban J connectivity index is 1.86. The van der Waals surface area contributed by atoms with Crippen molar-refractivity contribution in [2.75, 3.05) is 18.8 Å². The molecule has 1 saturated carbocycles. The molecule has 1 fully saturated rings. The predicted octanol–water partition coefficient (Wildman–Crippen LogP) is 2.86. The van der Waals surface area contributed by atoms with Crippen LogP contribution >= 0.6 is 27.7 Å². The van der Waals surface area contributed by atoms with Crippen molar-refractivity contribution in [2.45, 2.75) is 17.7 Å². The predicted molar refractivity (Wildman–Crippen MR) is 81.8 cm³/mol. The van der Waals surface area contributed by atoms with E-state index in [0.29, 0.717) is 12.5 Å². The molecule has 0 aliphatic heterocycles. The van der Waals surface area contributed by atoms with Gasteiger partial charge in [-0.2, -0.15) is 0 Å². The average molecular weight is 358 g/mol. The molecule has 1 aromatic rings. The van der Waals surface area contributed by atoms with E-state index in [-0.39, 0.29) is 18.2 Å². The van der Waals surface area contributed by atoms with E-state index in [1.807, 2.05) is 24.3 Å². The highest BCUT2D eigenvalue weighted by Crippen LogP contribution is 2.30. The number of hydrogen-bond acceptors (Lipinski definition) is 3. The molecular formula is C14H16BrNO3S. The number of carboxylic acid groups (broad SMARTS) is 1. The standard InChI is InChI=1S/C14H16BrNO3S/c15-11-3-5-12(6-4-11)20-9-13(17)16(8-14(18)19)7-10-1-2-10/h3-6,10H,1-2,7-9H2,(H,18,19). The van der Waals surface area contributed by atoms with E-state index in [4.69, 9.17) is 5.11 Å². The monoisotopic (exact) mass is 357 g/mol. The summed E-state index contributed by atoms with van der Waals surface area (Å²) >= 11 is 4.80. The van der Waals surface area contributed by atoms with Crippen molar-refractivity contribution in [3.8, 4) is 0 Å². The quantitative estimate of drug-likeness (QED) is 0.762. The number of carboxylic acids is 1.